The first kappa shape index (κ1) is 39.4. The third kappa shape index (κ3) is 9.22. The van der Waals surface area contributed by atoms with Crippen molar-refractivity contribution in [2.24, 2.45) is 11.8 Å². The lowest BCUT2D eigenvalue weighted by Gasteiger charge is -2.30. The van der Waals surface area contributed by atoms with Crippen LogP contribution in [-0.2, 0) is 25.6 Å². The number of nitrogens with zero attached hydrogens (tertiary/aromatic N) is 6. The minimum absolute atomic E-state index is 0.116. The minimum atomic E-state index is -0.729. The van der Waals surface area contributed by atoms with E-state index >= 15 is 0 Å². The molecule has 1 aromatic carbocycles. The number of likely N-dealkylation sites (tertiary alicyclic amines) is 1. The molecule has 0 bridgehead atoms. The topological polar surface area (TPSA) is 200 Å². The van der Waals surface area contributed by atoms with E-state index in [0.717, 1.165) is 36.1 Å². The average molecular weight is 743 g/mol. The Morgan fingerprint density at radius 2 is 1.52 bits per heavy atom. The molecule has 1 saturated heterocycles. The Morgan fingerprint density at radius 1 is 0.889 bits per heavy atom. The Labute approximate surface area is 314 Å². The molecule has 1 fully saturated rings. The van der Waals surface area contributed by atoms with Crippen LogP contribution in [0, 0.1) is 11.8 Å². The van der Waals surface area contributed by atoms with Gasteiger partial charge in [-0.25, -0.2) is 29.5 Å². The number of ether oxygens (including phenoxy) is 2. The number of amides is 4. The third-order valence-electron chi connectivity index (χ3n) is 9.41. The molecule has 0 saturated carbocycles. The van der Waals surface area contributed by atoms with Crippen molar-refractivity contribution >= 4 is 24.0 Å². The van der Waals surface area contributed by atoms with Gasteiger partial charge in [-0.1, -0.05) is 58.9 Å². The maximum atomic E-state index is 13.5. The molecule has 0 aliphatic carbocycles. The van der Waals surface area contributed by atoms with Crippen LogP contribution in [-0.4, -0.2) is 103 Å². The second-order valence-electron chi connectivity index (χ2n) is 14.0. The average Bonchev–Trinajstić information content (AvgIpc) is 3.97. The van der Waals surface area contributed by atoms with Crippen molar-refractivity contribution in [3.8, 4) is 33.9 Å². The molecule has 0 unspecified atom stereocenters. The molecule has 3 atom stereocenters. The molecular formula is C38H50N10O6. The maximum absolute atomic E-state index is 13.5. The summed E-state index contributed by atoms with van der Waals surface area (Å²) in [6, 6.07) is 6.14. The zero-order valence-corrected chi connectivity index (χ0v) is 31.9. The maximum Gasteiger partial charge on any atom is 0.407 e. The molecule has 4 aromatic rings. The fourth-order valence-electron chi connectivity index (χ4n) is 6.46. The highest BCUT2D eigenvalue weighted by Crippen LogP contribution is 2.33. The van der Waals surface area contributed by atoms with E-state index in [2.05, 4.69) is 35.6 Å². The van der Waals surface area contributed by atoms with Gasteiger partial charge in [0.1, 0.15) is 23.7 Å². The Bertz CT molecular complexity index is 1890. The zero-order valence-electron chi connectivity index (χ0n) is 31.9. The summed E-state index contributed by atoms with van der Waals surface area (Å²) in [5.74, 6) is 1.22. The van der Waals surface area contributed by atoms with Crippen LogP contribution in [0.2, 0.25) is 0 Å². The van der Waals surface area contributed by atoms with E-state index in [4.69, 9.17) is 14.5 Å². The lowest BCUT2D eigenvalue weighted by atomic mass is 10.0. The number of imidazole rings is 2. The highest BCUT2D eigenvalue weighted by atomic mass is 16.5. The zero-order chi connectivity index (χ0) is 38.9. The lowest BCUT2D eigenvalue weighted by molar-refractivity contribution is -0.136. The summed E-state index contributed by atoms with van der Waals surface area (Å²) < 4.78 is 9.46. The number of alkyl carbamates (subject to hydrolysis) is 2. The SMILES string of the molecule is CCCN(Cc1nc(-c2cnc(-c3ccc(-c4cnc([C@@H]5CCCN5C(=O)[C@@H](NC(=O)OC)C(C)C)[nH]4)cc3)nc2)c[nH]1)C(=O)[C@@H](NC(=O)OC)C(C)C. The molecule has 54 heavy (non-hydrogen) atoms. The first-order valence-electron chi connectivity index (χ1n) is 18.2. The Hall–Kier alpha value is -5.80. The predicted molar refractivity (Wildman–Crippen MR) is 200 cm³/mol. The number of rotatable bonds is 14. The van der Waals surface area contributed by atoms with Gasteiger partial charge < -0.3 is 39.9 Å². The van der Waals surface area contributed by atoms with Crippen molar-refractivity contribution in [2.45, 2.75) is 78.6 Å². The van der Waals surface area contributed by atoms with Gasteiger partial charge in [0.25, 0.3) is 0 Å². The van der Waals surface area contributed by atoms with Gasteiger partial charge in [-0.15, -0.1) is 0 Å². The van der Waals surface area contributed by atoms with Crippen LogP contribution < -0.4 is 10.6 Å². The standard InChI is InChI=1S/C38H50N10O6/c1-8-15-47(35(49)31(22(2)3)45-37(51)53-6)21-30-39-19-28(43-30)26-17-40-33(41-18-26)25-13-11-24(12-14-25)27-20-42-34(44-27)29-10-9-16-48(29)36(50)32(23(4)5)46-38(52)54-7/h11-14,17-20,22-23,29,31-32H,8-10,15-16,21H2,1-7H3,(H,39,43)(H,42,44)(H,45,51)(H,46,52)/t29-,31-,32-/m0/s1. The van der Waals surface area contributed by atoms with Gasteiger partial charge in [-0.05, 0) is 36.7 Å². The van der Waals surface area contributed by atoms with E-state index < -0.39 is 24.3 Å². The van der Waals surface area contributed by atoms with Gasteiger partial charge in [0.15, 0.2) is 5.82 Å². The number of carbonyl (C=O) groups excluding carboxylic acids is 4. The van der Waals surface area contributed by atoms with E-state index in [1.54, 1.807) is 34.6 Å². The van der Waals surface area contributed by atoms with Crippen molar-refractivity contribution in [1.82, 2.24) is 50.3 Å². The van der Waals surface area contributed by atoms with Crippen LogP contribution in [0.1, 0.15) is 71.6 Å². The van der Waals surface area contributed by atoms with E-state index in [9.17, 15) is 19.2 Å². The molecular weight excluding hydrogens is 692 g/mol. The molecule has 0 radical (unpaired) electrons. The number of aromatic amines is 2. The second-order valence-corrected chi connectivity index (χ2v) is 14.0. The van der Waals surface area contributed by atoms with Gasteiger partial charge in [0, 0.05) is 42.8 Å². The van der Waals surface area contributed by atoms with Crippen molar-refractivity contribution in [3.05, 3.63) is 60.7 Å². The molecule has 1 aliphatic heterocycles. The number of benzene rings is 1. The molecule has 4 N–H and O–H groups in total. The van der Waals surface area contributed by atoms with Gasteiger partial charge in [-0.3, -0.25) is 9.59 Å². The van der Waals surface area contributed by atoms with Crippen molar-refractivity contribution in [3.63, 3.8) is 0 Å². The fourth-order valence-corrected chi connectivity index (χ4v) is 6.46. The van der Waals surface area contributed by atoms with E-state index in [-0.39, 0.29) is 36.2 Å². The number of hydrogen-bond acceptors (Lipinski definition) is 10. The normalized spacial score (nSPS) is 15.2. The van der Waals surface area contributed by atoms with Crippen molar-refractivity contribution < 1.29 is 28.7 Å². The number of H-pyrrole nitrogens is 2. The number of carbonyl (C=O) groups is 4. The smallest absolute Gasteiger partial charge is 0.407 e. The number of nitrogens with one attached hydrogen (secondary N) is 4. The van der Waals surface area contributed by atoms with Crippen LogP contribution in [0.5, 0.6) is 0 Å². The summed E-state index contributed by atoms with van der Waals surface area (Å²) in [7, 11) is 2.55. The third-order valence-corrected chi connectivity index (χ3v) is 9.41. The fraction of sp³-hybridized carbons (Fsp3) is 0.474. The summed E-state index contributed by atoms with van der Waals surface area (Å²) in [6.45, 7) is 10.8. The van der Waals surface area contributed by atoms with Crippen LogP contribution in [0.25, 0.3) is 33.9 Å². The van der Waals surface area contributed by atoms with Crippen LogP contribution in [0.15, 0.2) is 49.1 Å². The highest BCUT2D eigenvalue weighted by molar-refractivity contribution is 5.87. The molecule has 16 heteroatoms. The summed E-state index contributed by atoms with van der Waals surface area (Å²) in [5, 5.41) is 5.33. The Morgan fingerprint density at radius 3 is 2.13 bits per heavy atom. The van der Waals surface area contributed by atoms with Gasteiger partial charge >= 0.3 is 12.2 Å². The van der Waals surface area contributed by atoms with E-state index in [1.807, 2.05) is 58.9 Å². The molecule has 1 aliphatic rings. The minimum Gasteiger partial charge on any atom is -0.453 e. The second kappa shape index (κ2) is 17.8. The Kier molecular flexibility index (Phi) is 13.0. The number of hydrogen-bond donors (Lipinski definition) is 4. The molecule has 0 spiro atoms. The summed E-state index contributed by atoms with van der Waals surface area (Å²) in [5.41, 5.74) is 3.91. The summed E-state index contributed by atoms with van der Waals surface area (Å²) in [6.07, 6.45) is 7.98. The van der Waals surface area contributed by atoms with E-state index in [0.29, 0.717) is 41.8 Å². The van der Waals surface area contributed by atoms with Gasteiger partial charge in [-0.2, -0.15) is 0 Å². The van der Waals surface area contributed by atoms with Crippen molar-refractivity contribution in [1.29, 1.82) is 0 Å². The highest BCUT2D eigenvalue weighted by Gasteiger charge is 2.37. The molecule has 288 valence electrons. The van der Waals surface area contributed by atoms with Crippen molar-refractivity contribution in [2.75, 3.05) is 27.3 Å². The molecule has 4 amide bonds. The Balaban J connectivity index is 1.23. The van der Waals surface area contributed by atoms with E-state index in [1.165, 1.54) is 14.2 Å². The van der Waals surface area contributed by atoms with Gasteiger partial charge in [0.05, 0.1) is 44.4 Å². The van der Waals surface area contributed by atoms with Crippen LogP contribution in [0.3, 0.4) is 0 Å². The predicted octanol–water partition coefficient (Wildman–Crippen LogP) is 5.09. The van der Waals surface area contributed by atoms with Gasteiger partial charge in [0.2, 0.25) is 11.8 Å². The number of aromatic nitrogens is 6. The molecule has 4 heterocycles. The lowest BCUT2D eigenvalue weighted by Crippen LogP contribution is -2.51. The largest absolute Gasteiger partial charge is 0.453 e. The monoisotopic (exact) mass is 742 g/mol. The van der Waals surface area contributed by atoms with Crippen LogP contribution in [0.4, 0.5) is 9.59 Å². The summed E-state index contributed by atoms with van der Waals surface area (Å²) >= 11 is 0. The molecule has 3 aromatic heterocycles. The summed E-state index contributed by atoms with van der Waals surface area (Å²) in [4.78, 5) is 79.3. The first-order chi connectivity index (χ1) is 25.9. The molecule has 16 nitrogen and oxygen atoms in total. The first-order valence-corrected chi connectivity index (χ1v) is 18.2. The molecule has 5 rings (SSSR count). The quantitative estimate of drug-likeness (QED) is 0.135. The van der Waals surface area contributed by atoms with Crippen LogP contribution >= 0.6 is 0 Å². The number of methoxy groups -OCH3 is 2.